The third-order valence-corrected chi connectivity index (χ3v) is 5.93. The molecule has 0 amide bonds. The zero-order valence-corrected chi connectivity index (χ0v) is 10.8. The second-order valence-electron chi connectivity index (χ2n) is 4.00. The van der Waals surface area contributed by atoms with E-state index in [1.807, 2.05) is 23.5 Å². The normalized spacial score (nSPS) is 35.2. The van der Waals surface area contributed by atoms with Gasteiger partial charge in [-0.2, -0.15) is 0 Å². The molecule has 1 atom stereocenters. The largest absolute Gasteiger partial charge is 0.381 e. The van der Waals surface area contributed by atoms with Crippen LogP contribution in [0.3, 0.4) is 0 Å². The predicted molar refractivity (Wildman–Crippen MR) is 67.5 cm³/mol. The molecule has 4 heteroatoms. The molecule has 1 unspecified atom stereocenters. The summed E-state index contributed by atoms with van der Waals surface area (Å²) < 4.78 is 11.6. The molecule has 2 nitrogen and oxygen atoms in total. The molecule has 2 aliphatic heterocycles. The number of rotatable bonds is 0. The van der Waals surface area contributed by atoms with E-state index in [1.54, 1.807) is 0 Å². The molecule has 1 spiro atoms. The average Bonchev–Trinajstić information content (AvgIpc) is 2.29. The predicted octanol–water partition coefficient (Wildman–Crippen LogP) is 3.12. The molecule has 88 valence electrons. The van der Waals surface area contributed by atoms with Crippen LogP contribution in [0.1, 0.15) is 32.1 Å². The van der Waals surface area contributed by atoms with E-state index in [4.69, 9.17) is 9.47 Å². The Balaban J connectivity index is 1.87. The number of hydrogen-bond donors (Lipinski definition) is 0. The van der Waals surface area contributed by atoms with Crippen LogP contribution >= 0.6 is 23.5 Å². The van der Waals surface area contributed by atoms with Gasteiger partial charge >= 0.3 is 0 Å². The first-order valence-electron chi connectivity index (χ1n) is 5.91. The van der Waals surface area contributed by atoms with E-state index in [1.165, 1.54) is 37.2 Å². The zero-order chi connectivity index (χ0) is 10.4. The number of ether oxygens (including phenoxy) is 2. The third-order valence-electron chi connectivity index (χ3n) is 2.71. The van der Waals surface area contributed by atoms with Crippen LogP contribution < -0.4 is 0 Å². The second-order valence-corrected chi connectivity index (χ2v) is 6.98. The van der Waals surface area contributed by atoms with E-state index in [0.717, 1.165) is 26.2 Å². The van der Waals surface area contributed by atoms with Gasteiger partial charge < -0.3 is 9.47 Å². The Morgan fingerprint density at radius 3 is 2.33 bits per heavy atom. The molecular formula is C11H20O2S2. The van der Waals surface area contributed by atoms with Gasteiger partial charge in [0, 0.05) is 13.2 Å². The SMILES string of the molecule is C1CCC2(OCCCS2)SCCCOC1. The second kappa shape index (κ2) is 6.38. The van der Waals surface area contributed by atoms with Gasteiger partial charge in [-0.3, -0.25) is 0 Å². The van der Waals surface area contributed by atoms with Crippen molar-refractivity contribution in [2.75, 3.05) is 31.3 Å². The van der Waals surface area contributed by atoms with Crippen molar-refractivity contribution < 1.29 is 9.47 Å². The summed E-state index contributed by atoms with van der Waals surface area (Å²) in [6.07, 6.45) is 5.99. The van der Waals surface area contributed by atoms with Crippen molar-refractivity contribution in [3.05, 3.63) is 0 Å². The van der Waals surface area contributed by atoms with Crippen LogP contribution in [0.2, 0.25) is 0 Å². The molecule has 15 heavy (non-hydrogen) atoms. The van der Waals surface area contributed by atoms with Gasteiger partial charge in [0.1, 0.15) is 0 Å². The summed E-state index contributed by atoms with van der Waals surface area (Å²) in [5.41, 5.74) is 0. The first-order valence-corrected chi connectivity index (χ1v) is 7.88. The summed E-state index contributed by atoms with van der Waals surface area (Å²) in [5, 5.41) is 0. The molecule has 0 aromatic heterocycles. The van der Waals surface area contributed by atoms with Crippen molar-refractivity contribution in [2.24, 2.45) is 0 Å². The van der Waals surface area contributed by atoms with Crippen LogP contribution in [0.5, 0.6) is 0 Å². The maximum absolute atomic E-state index is 6.02. The third kappa shape index (κ3) is 3.84. The number of thioether (sulfide) groups is 2. The molecule has 2 heterocycles. The monoisotopic (exact) mass is 248 g/mol. The molecule has 2 rings (SSSR count). The van der Waals surface area contributed by atoms with Gasteiger partial charge in [0.05, 0.1) is 6.61 Å². The van der Waals surface area contributed by atoms with Gasteiger partial charge in [-0.15, -0.1) is 23.5 Å². The fourth-order valence-electron chi connectivity index (χ4n) is 1.89. The molecule has 0 aromatic carbocycles. The van der Waals surface area contributed by atoms with Crippen molar-refractivity contribution in [2.45, 2.75) is 36.4 Å². The minimum Gasteiger partial charge on any atom is -0.381 e. The highest BCUT2D eigenvalue weighted by atomic mass is 32.2. The lowest BCUT2D eigenvalue weighted by atomic mass is 10.2. The molecule has 2 saturated heterocycles. The summed E-state index contributed by atoms with van der Waals surface area (Å²) >= 11 is 4.03. The van der Waals surface area contributed by atoms with E-state index >= 15 is 0 Å². The van der Waals surface area contributed by atoms with Gasteiger partial charge in [-0.1, -0.05) is 0 Å². The van der Waals surface area contributed by atoms with Crippen LogP contribution in [-0.4, -0.2) is 35.6 Å². The lowest BCUT2D eigenvalue weighted by Crippen LogP contribution is -2.30. The summed E-state index contributed by atoms with van der Waals surface area (Å²) in [6.45, 7) is 2.82. The van der Waals surface area contributed by atoms with Gasteiger partial charge in [0.25, 0.3) is 0 Å². The highest BCUT2D eigenvalue weighted by molar-refractivity contribution is 8.18. The van der Waals surface area contributed by atoms with E-state index in [-0.39, 0.29) is 4.27 Å². The molecule has 0 aromatic rings. The Hall–Kier alpha value is 0.620. The van der Waals surface area contributed by atoms with E-state index < -0.39 is 0 Å². The van der Waals surface area contributed by atoms with Crippen molar-refractivity contribution >= 4 is 23.5 Å². The van der Waals surface area contributed by atoms with E-state index in [9.17, 15) is 0 Å². The molecule has 0 radical (unpaired) electrons. The fourth-order valence-corrected chi connectivity index (χ4v) is 4.78. The molecule has 0 N–H and O–H groups in total. The first-order chi connectivity index (χ1) is 7.41. The molecule has 2 fully saturated rings. The highest BCUT2D eigenvalue weighted by Crippen LogP contribution is 2.45. The quantitative estimate of drug-likeness (QED) is 0.655. The Labute approximate surface area is 101 Å². The standard InChI is InChI=1S/C11H20O2S2/c1-2-6-12-7-3-9-14-11(5-1)13-8-4-10-15-11/h1-10H2. The van der Waals surface area contributed by atoms with Crippen molar-refractivity contribution in [1.29, 1.82) is 0 Å². The Kier molecular flexibility index (Phi) is 5.14. The van der Waals surface area contributed by atoms with Crippen molar-refractivity contribution in [1.82, 2.24) is 0 Å². The van der Waals surface area contributed by atoms with Crippen LogP contribution in [0.25, 0.3) is 0 Å². The topological polar surface area (TPSA) is 18.5 Å². The summed E-state index contributed by atoms with van der Waals surface area (Å²) in [4.78, 5) is 0. The van der Waals surface area contributed by atoms with Gasteiger partial charge in [-0.05, 0) is 43.6 Å². The average molecular weight is 248 g/mol. The fraction of sp³-hybridized carbons (Fsp3) is 1.00. The van der Waals surface area contributed by atoms with Gasteiger partial charge in [-0.25, -0.2) is 0 Å². The van der Waals surface area contributed by atoms with Crippen LogP contribution in [0, 0.1) is 0 Å². The van der Waals surface area contributed by atoms with Crippen molar-refractivity contribution in [3.8, 4) is 0 Å². The Morgan fingerprint density at radius 2 is 1.53 bits per heavy atom. The minimum absolute atomic E-state index is 0.0928. The molecular weight excluding hydrogens is 228 g/mol. The summed E-state index contributed by atoms with van der Waals surface area (Å²) in [6, 6.07) is 0. The van der Waals surface area contributed by atoms with Crippen molar-refractivity contribution in [3.63, 3.8) is 0 Å². The summed E-state index contributed by atoms with van der Waals surface area (Å²) in [7, 11) is 0. The highest BCUT2D eigenvalue weighted by Gasteiger charge is 2.34. The van der Waals surface area contributed by atoms with E-state index in [2.05, 4.69) is 0 Å². The molecule has 2 aliphatic rings. The molecule has 0 bridgehead atoms. The van der Waals surface area contributed by atoms with E-state index in [0.29, 0.717) is 0 Å². The smallest absolute Gasteiger partial charge is 0.160 e. The Morgan fingerprint density at radius 1 is 0.800 bits per heavy atom. The maximum atomic E-state index is 6.02. The summed E-state index contributed by atoms with van der Waals surface area (Å²) in [5.74, 6) is 2.44. The molecule has 0 saturated carbocycles. The van der Waals surface area contributed by atoms with Crippen LogP contribution in [0.4, 0.5) is 0 Å². The molecule has 0 aliphatic carbocycles. The van der Waals surface area contributed by atoms with Gasteiger partial charge in [0.2, 0.25) is 0 Å². The Bertz CT molecular complexity index is 169. The number of hydrogen-bond acceptors (Lipinski definition) is 4. The maximum Gasteiger partial charge on any atom is 0.160 e. The minimum atomic E-state index is 0.0928. The lowest BCUT2D eigenvalue weighted by molar-refractivity contribution is 0.0692. The zero-order valence-electron chi connectivity index (χ0n) is 9.20. The first kappa shape index (κ1) is 12.1. The van der Waals surface area contributed by atoms with Crippen LogP contribution in [-0.2, 0) is 9.47 Å². The van der Waals surface area contributed by atoms with Gasteiger partial charge in [0.15, 0.2) is 4.27 Å². The lowest BCUT2D eigenvalue weighted by Gasteiger charge is -2.36. The van der Waals surface area contributed by atoms with Crippen LogP contribution in [0.15, 0.2) is 0 Å².